The van der Waals surface area contributed by atoms with E-state index in [-0.39, 0.29) is 10.8 Å². The van der Waals surface area contributed by atoms with Gasteiger partial charge in [-0.15, -0.1) is 0 Å². The van der Waals surface area contributed by atoms with E-state index in [1.807, 2.05) is 41.5 Å². The second kappa shape index (κ2) is 6.74. The normalized spacial score (nSPS) is 11.3. The minimum Gasteiger partial charge on any atom is -0.303 e. The van der Waals surface area contributed by atoms with Crippen molar-refractivity contribution >= 4 is 12.6 Å². The molecule has 0 aliphatic heterocycles. The zero-order chi connectivity index (χ0) is 11.8. The van der Waals surface area contributed by atoms with Crippen molar-refractivity contribution in [2.45, 2.75) is 54.4 Å². The summed E-state index contributed by atoms with van der Waals surface area (Å²) in [5, 5.41) is 0. The molecule has 0 spiro atoms. The molecule has 2 nitrogen and oxygen atoms in total. The molecule has 0 rings (SSSR count). The lowest BCUT2D eigenvalue weighted by Gasteiger charge is -2.11. The third-order valence-corrected chi connectivity index (χ3v) is 1.39. The Morgan fingerprint density at radius 3 is 0.929 bits per heavy atom. The van der Waals surface area contributed by atoms with E-state index >= 15 is 0 Å². The van der Waals surface area contributed by atoms with Crippen LogP contribution in [0.2, 0.25) is 0 Å². The van der Waals surface area contributed by atoms with Gasteiger partial charge in [-0.25, -0.2) is 0 Å². The van der Waals surface area contributed by atoms with Gasteiger partial charge in [0.2, 0.25) is 0 Å². The Kier molecular flexibility index (Phi) is 7.61. The van der Waals surface area contributed by atoms with Gasteiger partial charge in [0.1, 0.15) is 12.6 Å². The summed E-state index contributed by atoms with van der Waals surface area (Å²) in [4.78, 5) is 19.6. The predicted molar refractivity (Wildman–Crippen MR) is 60.3 cm³/mol. The molecule has 0 aliphatic rings. The van der Waals surface area contributed by atoms with Gasteiger partial charge in [0.25, 0.3) is 0 Å². The van der Waals surface area contributed by atoms with Crippen LogP contribution < -0.4 is 0 Å². The topological polar surface area (TPSA) is 34.1 Å². The fourth-order valence-electron chi connectivity index (χ4n) is 0.500. The number of hydrogen-bond donors (Lipinski definition) is 0. The number of carbonyl (C=O) groups excluding carboxylic acids is 2. The average Bonchev–Trinajstić information content (AvgIpc) is 1.81. The van der Waals surface area contributed by atoms with Crippen molar-refractivity contribution in [3.05, 3.63) is 0 Å². The highest BCUT2D eigenvalue weighted by molar-refractivity contribution is 5.50. The molecule has 0 atom stereocenters. The molecule has 0 radical (unpaired) electrons. The molecule has 2 heteroatoms. The van der Waals surface area contributed by atoms with E-state index in [0.717, 1.165) is 12.6 Å². The van der Waals surface area contributed by atoms with Crippen molar-refractivity contribution in [3.8, 4) is 0 Å². The zero-order valence-corrected chi connectivity index (χ0v) is 10.4. The van der Waals surface area contributed by atoms with Crippen molar-refractivity contribution in [2.75, 3.05) is 0 Å². The van der Waals surface area contributed by atoms with Gasteiger partial charge in [-0.05, 0) is 10.8 Å². The summed E-state index contributed by atoms with van der Waals surface area (Å²) in [6.07, 6.45) is 3.24. The molecular weight excluding hydrogens is 176 g/mol. The first kappa shape index (κ1) is 15.8. The first-order valence-electron chi connectivity index (χ1n) is 5.00. The SMILES string of the molecule is CC(C)(C)CC=O.CC(C)(C)CC=O. The first-order chi connectivity index (χ1) is 6.12. The molecule has 0 aromatic carbocycles. The van der Waals surface area contributed by atoms with Gasteiger partial charge in [0.05, 0.1) is 0 Å². The molecule has 0 unspecified atom stereocenters. The number of carbonyl (C=O) groups is 2. The Hall–Kier alpha value is -0.660. The molecule has 0 N–H and O–H groups in total. The van der Waals surface area contributed by atoms with Gasteiger partial charge >= 0.3 is 0 Å². The van der Waals surface area contributed by atoms with E-state index in [4.69, 9.17) is 0 Å². The monoisotopic (exact) mass is 200 g/mol. The van der Waals surface area contributed by atoms with Crippen LogP contribution in [0.1, 0.15) is 54.4 Å². The molecular formula is C12H24O2. The molecule has 0 aromatic rings. The molecule has 0 bridgehead atoms. The molecule has 0 aromatic heterocycles. The second-order valence-electron chi connectivity index (χ2n) is 5.86. The minimum absolute atomic E-state index is 0.182. The number of rotatable bonds is 2. The molecule has 0 amide bonds. The zero-order valence-electron chi connectivity index (χ0n) is 10.4. The lowest BCUT2D eigenvalue weighted by Crippen LogP contribution is -2.04. The van der Waals surface area contributed by atoms with Crippen molar-refractivity contribution in [1.29, 1.82) is 0 Å². The van der Waals surface area contributed by atoms with Crippen LogP contribution in [0, 0.1) is 10.8 Å². The maximum absolute atomic E-state index is 9.82. The quantitative estimate of drug-likeness (QED) is 0.641. The van der Waals surface area contributed by atoms with E-state index in [1.165, 1.54) is 0 Å². The van der Waals surface area contributed by atoms with E-state index in [2.05, 4.69) is 0 Å². The average molecular weight is 200 g/mol. The Morgan fingerprint density at radius 2 is 0.929 bits per heavy atom. The smallest absolute Gasteiger partial charge is 0.120 e. The Balaban J connectivity index is 0. The fourth-order valence-corrected chi connectivity index (χ4v) is 0.500. The highest BCUT2D eigenvalue weighted by atomic mass is 16.1. The molecule has 84 valence electrons. The molecule has 0 saturated carbocycles. The van der Waals surface area contributed by atoms with Crippen LogP contribution in [0.4, 0.5) is 0 Å². The Labute approximate surface area is 88.1 Å². The largest absolute Gasteiger partial charge is 0.303 e. The third-order valence-electron chi connectivity index (χ3n) is 1.39. The standard InChI is InChI=1S/2C6H12O/c2*1-6(2,3)4-5-7/h2*5H,4H2,1-3H3. The first-order valence-corrected chi connectivity index (χ1v) is 5.00. The van der Waals surface area contributed by atoms with E-state index in [1.54, 1.807) is 0 Å². The molecule has 14 heavy (non-hydrogen) atoms. The summed E-state index contributed by atoms with van der Waals surface area (Å²) < 4.78 is 0. The van der Waals surface area contributed by atoms with Crippen LogP contribution >= 0.6 is 0 Å². The van der Waals surface area contributed by atoms with Crippen LogP contribution in [0.15, 0.2) is 0 Å². The molecule has 0 fully saturated rings. The van der Waals surface area contributed by atoms with Crippen LogP contribution in [0.3, 0.4) is 0 Å². The third kappa shape index (κ3) is 22.5. The molecule has 0 heterocycles. The van der Waals surface area contributed by atoms with Crippen LogP contribution in [-0.2, 0) is 9.59 Å². The predicted octanol–water partition coefficient (Wildman–Crippen LogP) is 3.24. The number of aldehydes is 2. The summed E-state index contributed by atoms with van der Waals surface area (Å²) in [5.74, 6) is 0. The summed E-state index contributed by atoms with van der Waals surface area (Å²) >= 11 is 0. The van der Waals surface area contributed by atoms with Gasteiger partial charge in [0, 0.05) is 12.8 Å². The summed E-state index contributed by atoms with van der Waals surface area (Å²) in [6.45, 7) is 12.3. The molecule has 0 saturated heterocycles. The van der Waals surface area contributed by atoms with Crippen molar-refractivity contribution in [1.82, 2.24) is 0 Å². The maximum Gasteiger partial charge on any atom is 0.120 e. The van der Waals surface area contributed by atoms with Crippen LogP contribution in [-0.4, -0.2) is 12.6 Å². The van der Waals surface area contributed by atoms with Gasteiger partial charge in [-0.1, -0.05) is 41.5 Å². The summed E-state index contributed by atoms with van der Waals surface area (Å²) in [7, 11) is 0. The van der Waals surface area contributed by atoms with E-state index < -0.39 is 0 Å². The molecule has 0 aliphatic carbocycles. The van der Waals surface area contributed by atoms with Crippen molar-refractivity contribution < 1.29 is 9.59 Å². The lowest BCUT2D eigenvalue weighted by molar-refractivity contribution is -0.110. The number of hydrogen-bond acceptors (Lipinski definition) is 2. The van der Waals surface area contributed by atoms with E-state index in [0.29, 0.717) is 12.8 Å². The van der Waals surface area contributed by atoms with E-state index in [9.17, 15) is 9.59 Å². The van der Waals surface area contributed by atoms with Crippen molar-refractivity contribution in [2.24, 2.45) is 10.8 Å². The summed E-state index contributed by atoms with van der Waals surface area (Å²) in [5.41, 5.74) is 0.365. The van der Waals surface area contributed by atoms with Gasteiger partial charge < -0.3 is 9.59 Å². The minimum atomic E-state index is 0.182. The summed E-state index contributed by atoms with van der Waals surface area (Å²) in [6, 6.07) is 0. The highest BCUT2D eigenvalue weighted by Gasteiger charge is 2.07. The van der Waals surface area contributed by atoms with Crippen molar-refractivity contribution in [3.63, 3.8) is 0 Å². The second-order valence-corrected chi connectivity index (χ2v) is 5.86. The van der Waals surface area contributed by atoms with Crippen LogP contribution in [0.5, 0.6) is 0 Å². The Bertz CT molecular complexity index is 138. The van der Waals surface area contributed by atoms with Gasteiger partial charge in [0.15, 0.2) is 0 Å². The highest BCUT2D eigenvalue weighted by Crippen LogP contribution is 2.15. The van der Waals surface area contributed by atoms with Gasteiger partial charge in [-0.2, -0.15) is 0 Å². The Morgan fingerprint density at radius 1 is 0.714 bits per heavy atom. The maximum atomic E-state index is 9.82. The lowest BCUT2D eigenvalue weighted by atomic mass is 9.93. The van der Waals surface area contributed by atoms with Gasteiger partial charge in [-0.3, -0.25) is 0 Å². The van der Waals surface area contributed by atoms with Crippen LogP contribution in [0.25, 0.3) is 0 Å². The fraction of sp³-hybridized carbons (Fsp3) is 0.833.